The molecule has 2 N–H and O–H groups in total. The van der Waals surface area contributed by atoms with E-state index in [1.807, 2.05) is 6.92 Å². The van der Waals surface area contributed by atoms with E-state index in [2.05, 4.69) is 5.32 Å². The van der Waals surface area contributed by atoms with E-state index in [9.17, 15) is 19.7 Å². The van der Waals surface area contributed by atoms with E-state index in [0.29, 0.717) is 19.4 Å². The van der Waals surface area contributed by atoms with Gasteiger partial charge in [0.2, 0.25) is 0 Å². The Morgan fingerprint density at radius 1 is 1.48 bits per heavy atom. The highest BCUT2D eigenvalue weighted by atomic mass is 16.6. The molecule has 0 fully saturated rings. The second kappa shape index (κ2) is 7.41. The van der Waals surface area contributed by atoms with Crippen molar-refractivity contribution >= 4 is 17.6 Å². The number of carboxylic acids is 1. The van der Waals surface area contributed by atoms with Gasteiger partial charge in [-0.2, -0.15) is 0 Å². The first-order valence-corrected chi connectivity index (χ1v) is 6.76. The fraction of sp³-hybridized carbons (Fsp3) is 0.538. The molecule has 1 rings (SSSR count). The van der Waals surface area contributed by atoms with Gasteiger partial charge in [-0.3, -0.25) is 19.7 Å². The largest absolute Gasteiger partial charge is 0.481 e. The molecule has 21 heavy (non-hydrogen) atoms. The number of aryl methyl sites for hydroxylation is 1. The molecule has 0 saturated carbocycles. The molecular formula is C13H19N3O5. The molecular weight excluding hydrogens is 278 g/mol. The Hall–Kier alpha value is -2.38. The SMILES string of the molecule is CCCC(CNC(=O)c1cc([N+](=O)[O-])cn1CC)C(=O)O. The summed E-state index contributed by atoms with van der Waals surface area (Å²) in [5.74, 6) is -2.12. The summed E-state index contributed by atoms with van der Waals surface area (Å²) in [6.07, 6.45) is 2.45. The lowest BCUT2D eigenvalue weighted by atomic mass is 10.0. The summed E-state index contributed by atoms with van der Waals surface area (Å²) in [6.45, 7) is 4.04. The Balaban J connectivity index is 2.79. The third-order valence-corrected chi connectivity index (χ3v) is 3.16. The number of amides is 1. The molecule has 1 aromatic heterocycles. The van der Waals surface area contributed by atoms with Crippen molar-refractivity contribution < 1.29 is 19.6 Å². The van der Waals surface area contributed by atoms with Gasteiger partial charge in [0.1, 0.15) is 5.69 Å². The maximum absolute atomic E-state index is 12.0. The number of carboxylic acid groups (broad SMARTS) is 1. The Kier molecular flexibility index (Phi) is 5.89. The number of nitrogens with zero attached hydrogens (tertiary/aromatic N) is 2. The van der Waals surface area contributed by atoms with Gasteiger partial charge >= 0.3 is 5.97 Å². The molecule has 116 valence electrons. The van der Waals surface area contributed by atoms with Gasteiger partial charge in [0.25, 0.3) is 11.6 Å². The number of aliphatic carboxylic acids is 1. The van der Waals surface area contributed by atoms with Gasteiger partial charge in [0.15, 0.2) is 0 Å². The summed E-state index contributed by atoms with van der Waals surface area (Å²) < 4.78 is 1.46. The number of rotatable bonds is 8. The summed E-state index contributed by atoms with van der Waals surface area (Å²) in [7, 11) is 0. The highest BCUT2D eigenvalue weighted by molar-refractivity contribution is 5.93. The van der Waals surface area contributed by atoms with Gasteiger partial charge < -0.3 is 15.0 Å². The van der Waals surface area contributed by atoms with E-state index in [1.54, 1.807) is 6.92 Å². The topological polar surface area (TPSA) is 114 Å². The maximum atomic E-state index is 12.0. The van der Waals surface area contributed by atoms with Crippen molar-refractivity contribution in [2.24, 2.45) is 5.92 Å². The summed E-state index contributed by atoms with van der Waals surface area (Å²) in [5, 5.41) is 22.3. The van der Waals surface area contributed by atoms with Crippen LogP contribution < -0.4 is 5.32 Å². The maximum Gasteiger partial charge on any atom is 0.308 e. The smallest absolute Gasteiger partial charge is 0.308 e. The number of nitro groups is 1. The molecule has 1 amide bonds. The number of nitrogens with one attached hydrogen (secondary N) is 1. The normalized spacial score (nSPS) is 11.9. The highest BCUT2D eigenvalue weighted by Gasteiger charge is 2.21. The van der Waals surface area contributed by atoms with Gasteiger partial charge in [-0.05, 0) is 13.3 Å². The average Bonchev–Trinajstić information content (AvgIpc) is 2.87. The van der Waals surface area contributed by atoms with Crippen molar-refractivity contribution in [2.75, 3.05) is 6.54 Å². The number of hydrogen-bond acceptors (Lipinski definition) is 4. The lowest BCUT2D eigenvalue weighted by Gasteiger charge is -2.12. The van der Waals surface area contributed by atoms with Gasteiger partial charge in [0.05, 0.1) is 17.0 Å². The number of aromatic nitrogens is 1. The molecule has 0 radical (unpaired) electrons. The van der Waals surface area contributed by atoms with Gasteiger partial charge in [-0.15, -0.1) is 0 Å². The minimum absolute atomic E-state index is 0.00466. The third kappa shape index (κ3) is 4.30. The van der Waals surface area contributed by atoms with Crippen molar-refractivity contribution in [3.63, 3.8) is 0 Å². The van der Waals surface area contributed by atoms with Crippen LogP contribution in [0, 0.1) is 16.0 Å². The minimum Gasteiger partial charge on any atom is -0.481 e. The van der Waals surface area contributed by atoms with Crippen LogP contribution in [-0.2, 0) is 11.3 Å². The lowest BCUT2D eigenvalue weighted by molar-refractivity contribution is -0.384. The summed E-state index contributed by atoms with van der Waals surface area (Å²) in [5.41, 5.74) is -0.00446. The fourth-order valence-corrected chi connectivity index (χ4v) is 2.01. The molecule has 0 aromatic carbocycles. The quantitative estimate of drug-likeness (QED) is 0.559. The predicted octanol–water partition coefficient (Wildman–Crippen LogP) is 1.65. The van der Waals surface area contributed by atoms with Gasteiger partial charge in [-0.25, -0.2) is 0 Å². The molecule has 0 saturated heterocycles. The standard InChI is InChI=1S/C13H19N3O5/c1-3-5-9(13(18)19)7-14-12(17)11-6-10(16(20)21)8-15(11)4-2/h6,8-9H,3-5,7H2,1-2H3,(H,14,17)(H,18,19). The molecule has 8 nitrogen and oxygen atoms in total. The van der Waals surface area contributed by atoms with E-state index in [-0.39, 0.29) is 17.9 Å². The zero-order valence-corrected chi connectivity index (χ0v) is 12.0. The molecule has 0 aliphatic heterocycles. The first-order chi connectivity index (χ1) is 9.90. The average molecular weight is 297 g/mol. The van der Waals surface area contributed by atoms with E-state index < -0.39 is 22.7 Å². The summed E-state index contributed by atoms with van der Waals surface area (Å²) in [4.78, 5) is 33.2. The van der Waals surface area contributed by atoms with Crippen molar-refractivity contribution in [1.29, 1.82) is 0 Å². The van der Waals surface area contributed by atoms with Gasteiger partial charge in [0, 0.05) is 19.2 Å². The first-order valence-electron chi connectivity index (χ1n) is 6.76. The van der Waals surface area contributed by atoms with E-state index in [0.717, 1.165) is 0 Å². The van der Waals surface area contributed by atoms with Crippen molar-refractivity contribution in [1.82, 2.24) is 9.88 Å². The summed E-state index contributed by atoms with van der Waals surface area (Å²) in [6, 6.07) is 1.19. The van der Waals surface area contributed by atoms with Crippen LogP contribution in [0.5, 0.6) is 0 Å². The minimum atomic E-state index is -0.964. The summed E-state index contributed by atoms with van der Waals surface area (Å²) >= 11 is 0. The van der Waals surface area contributed by atoms with E-state index in [4.69, 9.17) is 5.11 Å². The molecule has 1 unspecified atom stereocenters. The van der Waals surface area contributed by atoms with Crippen LogP contribution in [0.3, 0.4) is 0 Å². The molecule has 8 heteroatoms. The van der Waals surface area contributed by atoms with E-state index >= 15 is 0 Å². The second-order valence-corrected chi connectivity index (χ2v) is 4.66. The molecule has 0 aliphatic carbocycles. The van der Waals surface area contributed by atoms with Crippen LogP contribution in [-0.4, -0.2) is 33.0 Å². The van der Waals surface area contributed by atoms with Crippen molar-refractivity contribution in [3.05, 3.63) is 28.1 Å². The molecule has 0 spiro atoms. The zero-order valence-electron chi connectivity index (χ0n) is 12.0. The van der Waals surface area contributed by atoms with Crippen LogP contribution in [0.15, 0.2) is 12.3 Å². The lowest BCUT2D eigenvalue weighted by Crippen LogP contribution is -2.33. The third-order valence-electron chi connectivity index (χ3n) is 3.16. The van der Waals surface area contributed by atoms with Crippen LogP contribution in [0.2, 0.25) is 0 Å². The Morgan fingerprint density at radius 2 is 2.14 bits per heavy atom. The fourth-order valence-electron chi connectivity index (χ4n) is 2.01. The molecule has 1 aromatic rings. The van der Waals surface area contributed by atoms with E-state index in [1.165, 1.54) is 16.8 Å². The van der Waals surface area contributed by atoms with Gasteiger partial charge in [-0.1, -0.05) is 13.3 Å². The Bertz CT molecular complexity index is 538. The molecule has 0 bridgehead atoms. The number of hydrogen-bond donors (Lipinski definition) is 2. The first kappa shape index (κ1) is 16.7. The van der Waals surface area contributed by atoms with Crippen LogP contribution in [0.4, 0.5) is 5.69 Å². The molecule has 1 atom stereocenters. The Labute approximate surface area is 121 Å². The van der Waals surface area contributed by atoms with Crippen molar-refractivity contribution in [2.45, 2.75) is 33.2 Å². The van der Waals surface area contributed by atoms with Crippen LogP contribution in [0.25, 0.3) is 0 Å². The zero-order chi connectivity index (χ0) is 16.0. The Morgan fingerprint density at radius 3 is 2.62 bits per heavy atom. The number of carbonyl (C=O) groups is 2. The van der Waals surface area contributed by atoms with Crippen LogP contribution in [0.1, 0.15) is 37.2 Å². The number of carbonyl (C=O) groups excluding carboxylic acids is 1. The monoisotopic (exact) mass is 297 g/mol. The van der Waals surface area contributed by atoms with Crippen molar-refractivity contribution in [3.8, 4) is 0 Å². The predicted molar refractivity (Wildman–Crippen MR) is 75.1 cm³/mol. The molecule has 0 aliphatic rings. The second-order valence-electron chi connectivity index (χ2n) is 4.66. The molecule has 1 heterocycles. The van der Waals surface area contributed by atoms with Crippen LogP contribution >= 0.6 is 0 Å². The highest BCUT2D eigenvalue weighted by Crippen LogP contribution is 2.16.